The number of amides is 4. The van der Waals surface area contributed by atoms with Crippen LogP contribution in [0.4, 0.5) is 10.3 Å². The molecule has 0 spiro atoms. The van der Waals surface area contributed by atoms with Crippen molar-refractivity contribution in [3.8, 4) is 23.0 Å². The van der Waals surface area contributed by atoms with Gasteiger partial charge in [-0.1, -0.05) is 38.1 Å². The Morgan fingerprint density at radius 1 is 0.510 bits per heavy atom. The predicted octanol–water partition coefficient (Wildman–Crippen LogP) is 8.11. The summed E-state index contributed by atoms with van der Waals surface area (Å²) in [6.45, 7) is 4.24. The standard InChI is InChI=1S/C37H24N4O6S2/c1-37(2,21-3-7-23(8-4-21)46-25-11-13-27-29(19-25)33(44)40(31(27)42)35-38-15-17-48-35)22-5-9-24(10-6-22)47-26-12-14-28-30(20-26)34(45)41(32(28)43)36-39-16-18-49-36/h3-20H,1-2H3. The van der Waals surface area contributed by atoms with Gasteiger partial charge in [-0.3, -0.25) is 19.2 Å². The number of imide groups is 2. The van der Waals surface area contributed by atoms with Crippen LogP contribution >= 0.6 is 22.7 Å². The fourth-order valence-corrected chi connectivity index (χ4v) is 7.16. The van der Waals surface area contributed by atoms with Crippen LogP contribution in [0.5, 0.6) is 23.0 Å². The van der Waals surface area contributed by atoms with E-state index in [1.54, 1.807) is 59.6 Å². The average Bonchev–Trinajstić information content (AvgIpc) is 3.91. The maximum atomic E-state index is 13.0. The molecule has 2 aliphatic heterocycles. The van der Waals surface area contributed by atoms with Crippen molar-refractivity contribution in [1.29, 1.82) is 0 Å². The van der Waals surface area contributed by atoms with Crippen LogP contribution in [0.3, 0.4) is 0 Å². The van der Waals surface area contributed by atoms with Crippen LogP contribution in [0.25, 0.3) is 0 Å². The Kier molecular flexibility index (Phi) is 7.20. The van der Waals surface area contributed by atoms with Crippen molar-refractivity contribution in [2.24, 2.45) is 0 Å². The Bertz CT molecular complexity index is 2120. The molecular weight excluding hydrogens is 661 g/mol. The first-order chi connectivity index (χ1) is 23.7. The lowest BCUT2D eigenvalue weighted by molar-refractivity contribution is 0.0910. The highest BCUT2D eigenvalue weighted by Gasteiger charge is 2.39. The normalized spacial score (nSPS) is 14.0. The maximum absolute atomic E-state index is 13.0. The molecule has 0 radical (unpaired) electrons. The van der Waals surface area contributed by atoms with Crippen LogP contribution in [0, 0.1) is 0 Å². The highest BCUT2D eigenvalue weighted by Crippen LogP contribution is 2.37. The molecule has 12 heteroatoms. The summed E-state index contributed by atoms with van der Waals surface area (Å²) in [6, 6.07) is 25.2. The molecule has 10 nitrogen and oxygen atoms in total. The molecular formula is C37H24N4O6S2. The zero-order valence-electron chi connectivity index (χ0n) is 25.9. The van der Waals surface area contributed by atoms with Gasteiger partial charge in [0.2, 0.25) is 0 Å². The van der Waals surface area contributed by atoms with Crippen molar-refractivity contribution in [2.45, 2.75) is 19.3 Å². The monoisotopic (exact) mass is 684 g/mol. The van der Waals surface area contributed by atoms with E-state index in [1.165, 1.54) is 22.7 Å². The first-order valence-electron chi connectivity index (χ1n) is 15.1. The Morgan fingerprint density at radius 3 is 1.24 bits per heavy atom. The molecule has 4 aromatic carbocycles. The van der Waals surface area contributed by atoms with Gasteiger partial charge in [0.25, 0.3) is 23.6 Å². The highest BCUT2D eigenvalue weighted by molar-refractivity contribution is 7.14. The second-order valence-electron chi connectivity index (χ2n) is 11.8. The quantitative estimate of drug-likeness (QED) is 0.148. The summed E-state index contributed by atoms with van der Waals surface area (Å²) < 4.78 is 12.1. The number of carbonyl (C=O) groups is 4. The number of fused-ring (bicyclic) bond motifs is 2. The van der Waals surface area contributed by atoms with Crippen molar-refractivity contribution in [2.75, 3.05) is 9.80 Å². The average molecular weight is 685 g/mol. The summed E-state index contributed by atoms with van der Waals surface area (Å²) in [4.78, 5) is 62.1. The SMILES string of the molecule is CC(C)(c1ccc(Oc2ccc3c(c2)C(=O)N(c2nccs2)C3=O)cc1)c1ccc(Oc2ccc3c(c2)C(=O)N(c2nccs2)C3=O)cc1. The minimum atomic E-state index is -0.424. The van der Waals surface area contributed by atoms with Gasteiger partial charge in [-0.2, -0.15) is 0 Å². The fraction of sp³-hybridized carbons (Fsp3) is 0.0811. The molecule has 0 aliphatic carbocycles. The van der Waals surface area contributed by atoms with Crippen LogP contribution in [-0.2, 0) is 5.41 Å². The fourth-order valence-electron chi connectivity index (χ4n) is 5.89. The third-order valence-corrected chi connectivity index (χ3v) is 10.1. The predicted molar refractivity (Wildman–Crippen MR) is 185 cm³/mol. The first kappa shape index (κ1) is 30.4. The molecule has 0 bridgehead atoms. The van der Waals surface area contributed by atoms with E-state index in [0.717, 1.165) is 20.9 Å². The van der Waals surface area contributed by atoms with Gasteiger partial charge < -0.3 is 9.47 Å². The molecule has 0 N–H and O–H groups in total. The lowest BCUT2D eigenvalue weighted by Crippen LogP contribution is -2.29. The molecule has 4 heterocycles. The lowest BCUT2D eigenvalue weighted by atomic mass is 9.78. The molecule has 4 amide bonds. The van der Waals surface area contributed by atoms with E-state index in [0.29, 0.717) is 44.4 Å². The van der Waals surface area contributed by atoms with Crippen LogP contribution in [-0.4, -0.2) is 33.6 Å². The topological polar surface area (TPSA) is 119 Å². The van der Waals surface area contributed by atoms with E-state index in [4.69, 9.17) is 9.47 Å². The van der Waals surface area contributed by atoms with E-state index in [1.807, 2.05) is 48.5 Å². The van der Waals surface area contributed by atoms with Crippen LogP contribution in [0.2, 0.25) is 0 Å². The molecule has 8 rings (SSSR count). The second-order valence-corrected chi connectivity index (χ2v) is 13.6. The molecule has 6 aromatic rings. The number of ether oxygens (including phenoxy) is 2. The smallest absolute Gasteiger partial charge is 0.268 e. The summed E-state index contributed by atoms with van der Waals surface area (Å²) in [5.41, 5.74) is 2.93. The van der Waals surface area contributed by atoms with Crippen molar-refractivity contribution in [1.82, 2.24) is 9.97 Å². The van der Waals surface area contributed by atoms with Gasteiger partial charge in [-0.15, -0.1) is 22.7 Å². The molecule has 49 heavy (non-hydrogen) atoms. The molecule has 0 saturated heterocycles. The Morgan fingerprint density at radius 2 is 0.878 bits per heavy atom. The summed E-state index contributed by atoms with van der Waals surface area (Å²) in [5, 5.41) is 4.11. The molecule has 0 atom stereocenters. The van der Waals surface area contributed by atoms with Crippen LogP contribution in [0.15, 0.2) is 108 Å². The van der Waals surface area contributed by atoms with E-state index >= 15 is 0 Å². The van der Waals surface area contributed by atoms with Crippen LogP contribution in [0.1, 0.15) is 66.4 Å². The minimum absolute atomic E-state index is 0.279. The molecule has 2 aliphatic rings. The number of aromatic nitrogens is 2. The van der Waals surface area contributed by atoms with Gasteiger partial charge in [-0.25, -0.2) is 19.8 Å². The number of hydrogen-bond acceptors (Lipinski definition) is 10. The number of benzene rings is 4. The third-order valence-electron chi connectivity index (χ3n) is 8.56. The summed E-state index contributed by atoms with van der Waals surface area (Å²) >= 11 is 2.45. The number of hydrogen-bond donors (Lipinski definition) is 0. The van der Waals surface area contributed by atoms with Gasteiger partial charge in [0.15, 0.2) is 10.3 Å². The summed E-state index contributed by atoms with van der Waals surface area (Å²) in [7, 11) is 0. The van der Waals surface area contributed by atoms with Crippen molar-refractivity contribution < 1.29 is 28.7 Å². The zero-order chi connectivity index (χ0) is 33.9. The lowest BCUT2D eigenvalue weighted by Gasteiger charge is -2.26. The van der Waals surface area contributed by atoms with Gasteiger partial charge in [0, 0.05) is 28.6 Å². The minimum Gasteiger partial charge on any atom is -0.457 e. The number of anilines is 2. The van der Waals surface area contributed by atoms with Gasteiger partial charge >= 0.3 is 0 Å². The van der Waals surface area contributed by atoms with Crippen LogP contribution < -0.4 is 19.3 Å². The Labute approximate surface area is 287 Å². The summed E-state index contributed by atoms with van der Waals surface area (Å²) in [6.07, 6.45) is 3.11. The molecule has 0 fully saturated rings. The Balaban J connectivity index is 0.944. The van der Waals surface area contributed by atoms with Gasteiger partial charge in [0.05, 0.1) is 22.3 Å². The summed E-state index contributed by atoms with van der Waals surface area (Å²) in [5.74, 6) is 0.411. The second kappa shape index (κ2) is 11.6. The van der Waals surface area contributed by atoms with E-state index in [2.05, 4.69) is 23.8 Å². The highest BCUT2D eigenvalue weighted by atomic mass is 32.1. The molecule has 2 aromatic heterocycles. The van der Waals surface area contributed by atoms with Crippen molar-refractivity contribution >= 4 is 56.6 Å². The molecule has 0 saturated carbocycles. The third kappa shape index (κ3) is 5.18. The van der Waals surface area contributed by atoms with Gasteiger partial charge in [-0.05, 0) is 71.8 Å². The zero-order valence-corrected chi connectivity index (χ0v) is 27.6. The van der Waals surface area contributed by atoms with E-state index in [9.17, 15) is 19.2 Å². The Hall–Kier alpha value is -5.98. The number of nitrogens with zero attached hydrogens (tertiary/aromatic N) is 4. The van der Waals surface area contributed by atoms with E-state index in [-0.39, 0.29) is 16.5 Å². The molecule has 240 valence electrons. The molecule has 0 unspecified atom stereocenters. The first-order valence-corrected chi connectivity index (χ1v) is 16.9. The number of carbonyl (C=O) groups excluding carboxylic acids is 4. The van der Waals surface area contributed by atoms with Gasteiger partial charge in [0.1, 0.15) is 23.0 Å². The number of rotatable bonds is 8. The van der Waals surface area contributed by atoms with Crippen molar-refractivity contribution in [3.63, 3.8) is 0 Å². The van der Waals surface area contributed by atoms with E-state index < -0.39 is 23.6 Å². The number of thiazole rings is 2. The maximum Gasteiger partial charge on any atom is 0.268 e. The largest absolute Gasteiger partial charge is 0.457 e. The van der Waals surface area contributed by atoms with Crippen molar-refractivity contribution in [3.05, 3.63) is 141 Å².